The number of carbonyl (C=O) groups is 2. The Morgan fingerprint density at radius 1 is 0.913 bits per heavy atom. The number of ketones is 1. The van der Waals surface area contributed by atoms with Crippen molar-refractivity contribution in [2.75, 3.05) is 6.61 Å². The molecule has 0 aromatic heterocycles. The fourth-order valence-electron chi connectivity index (χ4n) is 2.79. The van der Waals surface area contributed by atoms with Gasteiger partial charge < -0.3 is 4.74 Å². The molecule has 0 radical (unpaired) electrons. The quantitative estimate of drug-likeness (QED) is 0.622. The van der Waals surface area contributed by atoms with Crippen molar-refractivity contribution in [3.63, 3.8) is 0 Å². The number of carbonyl (C=O) groups excluding carboxylic acids is 2. The molecule has 0 spiro atoms. The maximum Gasteiger partial charge on any atom is 0.338 e. The minimum atomic E-state index is -0.520. The fraction of sp³-hybridized carbons (Fsp3) is 0.263. The molecule has 0 N–H and O–H groups in total. The first-order valence-electron chi connectivity index (χ1n) is 7.71. The Kier molecular flexibility index (Phi) is 4.77. The Balaban J connectivity index is 1.63. The molecule has 1 aliphatic rings. The smallest absolute Gasteiger partial charge is 0.338 e. The predicted molar refractivity (Wildman–Crippen MR) is 89.1 cm³/mol. The molecule has 0 unspecified atom stereocenters. The highest BCUT2D eigenvalue weighted by atomic mass is 35.5. The molecule has 0 saturated heterocycles. The first-order chi connectivity index (χ1) is 11.1. The summed E-state index contributed by atoms with van der Waals surface area (Å²) in [5.41, 5.74) is 3.55. The zero-order valence-electron chi connectivity index (χ0n) is 12.7. The highest BCUT2D eigenvalue weighted by Gasteiger charge is 2.15. The number of hydrogen-bond acceptors (Lipinski definition) is 3. The van der Waals surface area contributed by atoms with E-state index in [0.29, 0.717) is 16.1 Å². The minimum Gasteiger partial charge on any atom is -0.454 e. The fourth-order valence-corrected chi connectivity index (χ4v) is 2.92. The molecule has 23 heavy (non-hydrogen) atoms. The number of hydrogen-bond donors (Lipinski definition) is 0. The number of rotatable bonds is 4. The van der Waals surface area contributed by atoms with Gasteiger partial charge in [0, 0.05) is 10.6 Å². The van der Waals surface area contributed by atoms with Crippen LogP contribution < -0.4 is 0 Å². The Labute approximate surface area is 140 Å². The van der Waals surface area contributed by atoms with Gasteiger partial charge >= 0.3 is 5.97 Å². The van der Waals surface area contributed by atoms with Crippen LogP contribution in [-0.2, 0) is 17.6 Å². The van der Waals surface area contributed by atoms with Crippen LogP contribution in [0.1, 0.15) is 44.7 Å². The molecule has 0 atom stereocenters. The van der Waals surface area contributed by atoms with Crippen LogP contribution in [0.15, 0.2) is 42.5 Å². The molecular formula is C19H17ClO3. The number of aryl methyl sites for hydroxylation is 2. The molecule has 3 rings (SSSR count). The first kappa shape index (κ1) is 15.8. The van der Waals surface area contributed by atoms with Gasteiger partial charge in [0.2, 0.25) is 0 Å². The van der Waals surface area contributed by atoms with Crippen molar-refractivity contribution in [1.82, 2.24) is 0 Å². The maximum absolute atomic E-state index is 12.2. The Morgan fingerprint density at radius 3 is 2.30 bits per heavy atom. The lowest BCUT2D eigenvalue weighted by molar-refractivity contribution is 0.0474. The summed E-state index contributed by atoms with van der Waals surface area (Å²) in [6.07, 6.45) is 4.46. The molecule has 0 bridgehead atoms. The Bertz CT molecular complexity index is 735. The van der Waals surface area contributed by atoms with Gasteiger partial charge in [0.05, 0.1) is 5.56 Å². The summed E-state index contributed by atoms with van der Waals surface area (Å²) < 4.78 is 5.10. The lowest BCUT2D eigenvalue weighted by Gasteiger charge is -2.16. The molecule has 2 aromatic carbocycles. The molecule has 1 aliphatic carbocycles. The summed E-state index contributed by atoms with van der Waals surface area (Å²) in [6.45, 7) is -0.250. The molecule has 0 amide bonds. The molecule has 0 heterocycles. The van der Waals surface area contributed by atoms with Crippen LogP contribution in [0, 0.1) is 0 Å². The van der Waals surface area contributed by atoms with Crippen molar-refractivity contribution in [2.45, 2.75) is 25.7 Å². The highest BCUT2D eigenvalue weighted by molar-refractivity contribution is 6.30. The van der Waals surface area contributed by atoms with E-state index < -0.39 is 5.97 Å². The molecule has 118 valence electrons. The SMILES string of the molecule is O=C(COC(=O)c1ccc(Cl)cc1)c1ccc2c(c1)CCCC2. The summed E-state index contributed by atoms with van der Waals surface area (Å²) in [5, 5.41) is 0.548. The molecule has 0 saturated carbocycles. The molecule has 2 aromatic rings. The van der Waals surface area contributed by atoms with Crippen LogP contribution in [0.25, 0.3) is 0 Å². The zero-order valence-corrected chi connectivity index (χ0v) is 13.4. The van der Waals surface area contributed by atoms with Crippen LogP contribution in [0.3, 0.4) is 0 Å². The zero-order chi connectivity index (χ0) is 16.2. The van der Waals surface area contributed by atoms with E-state index in [9.17, 15) is 9.59 Å². The van der Waals surface area contributed by atoms with Gasteiger partial charge in [-0.3, -0.25) is 4.79 Å². The van der Waals surface area contributed by atoms with Gasteiger partial charge in [0.15, 0.2) is 12.4 Å². The number of esters is 1. The Morgan fingerprint density at radius 2 is 1.57 bits per heavy atom. The average molecular weight is 329 g/mol. The molecule has 0 aliphatic heterocycles. The molecular weight excluding hydrogens is 312 g/mol. The second kappa shape index (κ2) is 6.97. The van der Waals surface area contributed by atoms with Gasteiger partial charge in [-0.15, -0.1) is 0 Å². The highest BCUT2D eigenvalue weighted by Crippen LogP contribution is 2.22. The third kappa shape index (κ3) is 3.80. The van der Waals surface area contributed by atoms with Crippen molar-refractivity contribution in [1.29, 1.82) is 0 Å². The van der Waals surface area contributed by atoms with Crippen LogP contribution >= 0.6 is 11.6 Å². The predicted octanol–water partition coefficient (Wildman–Crippen LogP) is 4.26. The second-order valence-electron chi connectivity index (χ2n) is 5.70. The van der Waals surface area contributed by atoms with Crippen molar-refractivity contribution in [3.05, 3.63) is 69.7 Å². The molecule has 3 nitrogen and oxygen atoms in total. The third-order valence-electron chi connectivity index (χ3n) is 4.08. The van der Waals surface area contributed by atoms with Crippen LogP contribution in [0.2, 0.25) is 5.02 Å². The van der Waals surface area contributed by atoms with Crippen molar-refractivity contribution in [3.8, 4) is 0 Å². The third-order valence-corrected chi connectivity index (χ3v) is 4.34. The van der Waals surface area contributed by atoms with Crippen molar-refractivity contribution in [2.24, 2.45) is 0 Å². The van der Waals surface area contributed by atoms with Gasteiger partial charge in [-0.05, 0) is 67.1 Å². The van der Waals surface area contributed by atoms with E-state index in [1.165, 1.54) is 17.5 Å². The maximum atomic E-state index is 12.2. The van der Waals surface area contributed by atoms with Crippen LogP contribution in [0.4, 0.5) is 0 Å². The van der Waals surface area contributed by atoms with E-state index in [0.717, 1.165) is 19.3 Å². The standard InChI is InChI=1S/C19H17ClO3/c20-17-9-7-14(8-10-17)19(22)23-12-18(21)16-6-5-13-3-1-2-4-15(13)11-16/h5-11H,1-4,12H2. The largest absolute Gasteiger partial charge is 0.454 e. The van der Waals surface area contributed by atoms with Crippen molar-refractivity contribution < 1.29 is 14.3 Å². The molecule has 4 heteroatoms. The van der Waals surface area contributed by atoms with Gasteiger partial charge in [-0.2, -0.15) is 0 Å². The van der Waals surface area contributed by atoms with E-state index in [2.05, 4.69) is 0 Å². The monoisotopic (exact) mass is 328 g/mol. The van der Waals surface area contributed by atoms with Gasteiger partial charge in [0.25, 0.3) is 0 Å². The second-order valence-corrected chi connectivity index (χ2v) is 6.13. The van der Waals surface area contributed by atoms with Crippen LogP contribution in [-0.4, -0.2) is 18.4 Å². The van der Waals surface area contributed by atoms with Gasteiger partial charge in [0.1, 0.15) is 0 Å². The van der Waals surface area contributed by atoms with E-state index in [-0.39, 0.29) is 12.4 Å². The summed E-state index contributed by atoms with van der Waals surface area (Å²) >= 11 is 5.78. The van der Waals surface area contributed by atoms with E-state index >= 15 is 0 Å². The van der Waals surface area contributed by atoms with Crippen LogP contribution in [0.5, 0.6) is 0 Å². The normalized spacial score (nSPS) is 13.3. The number of fused-ring (bicyclic) bond motifs is 1. The average Bonchev–Trinajstić information content (AvgIpc) is 2.59. The first-order valence-corrected chi connectivity index (χ1v) is 8.09. The summed E-state index contributed by atoms with van der Waals surface area (Å²) in [7, 11) is 0. The lowest BCUT2D eigenvalue weighted by Crippen LogP contribution is -2.15. The van der Waals surface area contributed by atoms with Crippen molar-refractivity contribution >= 4 is 23.4 Å². The Hall–Kier alpha value is -2.13. The lowest BCUT2D eigenvalue weighted by atomic mass is 9.90. The molecule has 0 fully saturated rings. The number of ether oxygens (including phenoxy) is 1. The van der Waals surface area contributed by atoms with E-state index in [4.69, 9.17) is 16.3 Å². The number of benzene rings is 2. The van der Waals surface area contributed by atoms with Gasteiger partial charge in [-0.1, -0.05) is 23.7 Å². The minimum absolute atomic E-state index is 0.180. The number of Topliss-reactive ketones (excluding diaryl/α,β-unsaturated/α-hetero) is 1. The van der Waals surface area contributed by atoms with E-state index in [1.807, 2.05) is 18.2 Å². The van der Waals surface area contributed by atoms with Gasteiger partial charge in [-0.25, -0.2) is 4.79 Å². The van der Waals surface area contributed by atoms with E-state index in [1.54, 1.807) is 24.3 Å². The topological polar surface area (TPSA) is 43.4 Å². The summed E-state index contributed by atoms with van der Waals surface area (Å²) in [6, 6.07) is 12.2. The number of halogens is 1. The summed E-state index contributed by atoms with van der Waals surface area (Å²) in [5.74, 6) is -0.700. The summed E-state index contributed by atoms with van der Waals surface area (Å²) in [4.78, 5) is 24.1.